The van der Waals surface area contributed by atoms with E-state index in [2.05, 4.69) is 24.6 Å². The Kier molecular flexibility index (Phi) is 8.42. The summed E-state index contributed by atoms with van der Waals surface area (Å²) in [5.74, 6) is 0. The second-order valence-electron chi connectivity index (χ2n) is 5.04. The zero-order chi connectivity index (χ0) is 12.3. The van der Waals surface area contributed by atoms with Crippen LogP contribution >= 0.6 is 11.3 Å². The zero-order valence-electron chi connectivity index (χ0n) is 11.6. The van der Waals surface area contributed by atoms with E-state index < -0.39 is 0 Å². The summed E-state index contributed by atoms with van der Waals surface area (Å²) in [6.45, 7) is 4.56. The molecule has 0 aliphatic rings. The van der Waals surface area contributed by atoms with Gasteiger partial charge in [-0.2, -0.15) is 11.3 Å². The molecule has 1 aromatic heterocycles. The lowest BCUT2D eigenvalue weighted by Gasteiger charge is -2.04. The Bertz CT molecular complexity index is 248. The van der Waals surface area contributed by atoms with Gasteiger partial charge in [0, 0.05) is 0 Å². The molecule has 0 atom stereocenters. The molecule has 17 heavy (non-hydrogen) atoms. The third-order valence-electron chi connectivity index (χ3n) is 3.43. The van der Waals surface area contributed by atoms with Crippen LogP contribution in [-0.2, 0) is 12.8 Å². The van der Waals surface area contributed by atoms with Crippen molar-refractivity contribution in [2.75, 3.05) is 0 Å². The highest BCUT2D eigenvalue weighted by Gasteiger charge is 2.03. The highest BCUT2D eigenvalue weighted by Crippen LogP contribution is 2.20. The lowest BCUT2D eigenvalue weighted by atomic mass is 10.0. The Hall–Kier alpha value is -0.300. The van der Waals surface area contributed by atoms with Crippen LogP contribution in [0, 0.1) is 0 Å². The Labute approximate surface area is 111 Å². The molecule has 0 bridgehead atoms. The van der Waals surface area contributed by atoms with Crippen LogP contribution in [0.25, 0.3) is 0 Å². The van der Waals surface area contributed by atoms with E-state index in [4.69, 9.17) is 0 Å². The van der Waals surface area contributed by atoms with Crippen LogP contribution < -0.4 is 0 Å². The maximum absolute atomic E-state index is 2.38. The third kappa shape index (κ3) is 6.26. The van der Waals surface area contributed by atoms with Gasteiger partial charge in [0.1, 0.15) is 0 Å². The normalized spacial score (nSPS) is 10.9. The number of hydrogen-bond acceptors (Lipinski definition) is 1. The van der Waals surface area contributed by atoms with Gasteiger partial charge in [-0.15, -0.1) is 0 Å². The Morgan fingerprint density at radius 1 is 0.706 bits per heavy atom. The van der Waals surface area contributed by atoms with Crippen molar-refractivity contribution in [3.8, 4) is 0 Å². The molecule has 1 heteroatoms. The van der Waals surface area contributed by atoms with Crippen molar-refractivity contribution < 1.29 is 0 Å². The van der Waals surface area contributed by atoms with E-state index in [1.54, 1.807) is 11.1 Å². The van der Waals surface area contributed by atoms with Crippen LogP contribution in [0.2, 0.25) is 0 Å². The van der Waals surface area contributed by atoms with E-state index in [-0.39, 0.29) is 0 Å². The Morgan fingerprint density at radius 3 is 1.59 bits per heavy atom. The van der Waals surface area contributed by atoms with Gasteiger partial charge in [0.15, 0.2) is 0 Å². The summed E-state index contributed by atoms with van der Waals surface area (Å²) in [5, 5.41) is 4.75. The first-order chi connectivity index (χ1) is 8.38. The molecule has 0 fully saturated rings. The zero-order valence-corrected chi connectivity index (χ0v) is 12.5. The van der Waals surface area contributed by atoms with Gasteiger partial charge in [0.2, 0.25) is 0 Å². The minimum absolute atomic E-state index is 1.31. The van der Waals surface area contributed by atoms with Gasteiger partial charge in [-0.3, -0.25) is 0 Å². The molecule has 98 valence electrons. The standard InChI is InChI=1S/C16H28S/c1-3-5-7-9-11-15-13-17-14-16(15)12-10-8-6-4-2/h13-14H,3-12H2,1-2H3. The summed E-state index contributed by atoms with van der Waals surface area (Å²) < 4.78 is 0. The molecular weight excluding hydrogens is 224 g/mol. The average molecular weight is 252 g/mol. The summed E-state index contributed by atoms with van der Waals surface area (Å²) >= 11 is 1.89. The highest BCUT2D eigenvalue weighted by atomic mass is 32.1. The van der Waals surface area contributed by atoms with Crippen molar-refractivity contribution in [3.63, 3.8) is 0 Å². The number of hydrogen-bond donors (Lipinski definition) is 0. The van der Waals surface area contributed by atoms with Crippen molar-refractivity contribution in [1.82, 2.24) is 0 Å². The van der Waals surface area contributed by atoms with Gasteiger partial charge in [0.25, 0.3) is 0 Å². The maximum atomic E-state index is 2.38. The van der Waals surface area contributed by atoms with Gasteiger partial charge in [0.05, 0.1) is 0 Å². The fourth-order valence-corrected chi connectivity index (χ4v) is 3.21. The summed E-state index contributed by atoms with van der Waals surface area (Å²) in [6, 6.07) is 0. The minimum Gasteiger partial charge on any atom is -0.152 e. The van der Waals surface area contributed by atoms with Crippen molar-refractivity contribution in [2.24, 2.45) is 0 Å². The predicted octanol–water partition coefficient (Wildman–Crippen LogP) is 5.99. The summed E-state index contributed by atoms with van der Waals surface area (Å²) in [6.07, 6.45) is 13.7. The molecule has 0 N–H and O–H groups in total. The van der Waals surface area contributed by atoms with E-state index in [1.165, 1.54) is 64.2 Å². The predicted molar refractivity (Wildman–Crippen MR) is 80.0 cm³/mol. The molecule has 1 rings (SSSR count). The van der Waals surface area contributed by atoms with Crippen molar-refractivity contribution in [1.29, 1.82) is 0 Å². The number of aryl methyl sites for hydroxylation is 2. The molecule has 0 radical (unpaired) electrons. The maximum Gasteiger partial charge on any atom is -0.00584 e. The molecule has 1 aromatic rings. The van der Waals surface area contributed by atoms with Gasteiger partial charge in [-0.25, -0.2) is 0 Å². The molecule has 0 saturated heterocycles. The monoisotopic (exact) mass is 252 g/mol. The van der Waals surface area contributed by atoms with Gasteiger partial charge in [-0.05, 0) is 47.6 Å². The molecule has 0 amide bonds. The third-order valence-corrected chi connectivity index (χ3v) is 4.27. The average Bonchev–Trinajstić information content (AvgIpc) is 2.78. The van der Waals surface area contributed by atoms with E-state index >= 15 is 0 Å². The van der Waals surface area contributed by atoms with Gasteiger partial charge in [-0.1, -0.05) is 52.4 Å². The van der Waals surface area contributed by atoms with E-state index in [0.29, 0.717) is 0 Å². The number of rotatable bonds is 10. The summed E-state index contributed by atoms with van der Waals surface area (Å²) in [5.41, 5.74) is 3.28. The van der Waals surface area contributed by atoms with E-state index in [0.717, 1.165) is 0 Å². The van der Waals surface area contributed by atoms with Crippen molar-refractivity contribution in [3.05, 3.63) is 21.9 Å². The Balaban J connectivity index is 2.22. The molecule has 0 nitrogen and oxygen atoms in total. The largest absolute Gasteiger partial charge is 0.152 e. The fraction of sp³-hybridized carbons (Fsp3) is 0.750. The highest BCUT2D eigenvalue weighted by molar-refractivity contribution is 7.08. The first-order valence-corrected chi connectivity index (χ1v) is 8.36. The smallest absolute Gasteiger partial charge is 0.00584 e. The van der Waals surface area contributed by atoms with Crippen LogP contribution in [0.3, 0.4) is 0 Å². The van der Waals surface area contributed by atoms with Crippen LogP contribution in [0.15, 0.2) is 10.8 Å². The van der Waals surface area contributed by atoms with Crippen molar-refractivity contribution in [2.45, 2.75) is 78.1 Å². The molecule has 0 aromatic carbocycles. The molecule has 1 heterocycles. The van der Waals surface area contributed by atoms with Crippen LogP contribution in [-0.4, -0.2) is 0 Å². The van der Waals surface area contributed by atoms with Gasteiger partial charge >= 0.3 is 0 Å². The molecule has 0 unspecified atom stereocenters. The van der Waals surface area contributed by atoms with E-state index in [9.17, 15) is 0 Å². The van der Waals surface area contributed by atoms with E-state index in [1.807, 2.05) is 11.3 Å². The van der Waals surface area contributed by atoms with Crippen LogP contribution in [0.4, 0.5) is 0 Å². The molecular formula is C16H28S. The lowest BCUT2D eigenvalue weighted by molar-refractivity contribution is 0.652. The van der Waals surface area contributed by atoms with Crippen LogP contribution in [0.1, 0.15) is 76.3 Å². The molecule has 0 spiro atoms. The summed E-state index contributed by atoms with van der Waals surface area (Å²) in [7, 11) is 0. The second-order valence-corrected chi connectivity index (χ2v) is 5.79. The van der Waals surface area contributed by atoms with Gasteiger partial charge < -0.3 is 0 Å². The lowest BCUT2D eigenvalue weighted by Crippen LogP contribution is -1.91. The van der Waals surface area contributed by atoms with Crippen molar-refractivity contribution >= 4 is 11.3 Å². The second kappa shape index (κ2) is 9.70. The molecule has 0 aliphatic carbocycles. The molecule has 0 saturated carbocycles. The first kappa shape index (κ1) is 14.8. The summed E-state index contributed by atoms with van der Waals surface area (Å²) in [4.78, 5) is 0. The first-order valence-electron chi connectivity index (χ1n) is 7.42. The molecule has 0 aliphatic heterocycles. The fourth-order valence-electron chi connectivity index (χ4n) is 2.27. The quantitative estimate of drug-likeness (QED) is 0.448. The minimum atomic E-state index is 1.31. The number of thiophene rings is 1. The number of unbranched alkanes of at least 4 members (excludes halogenated alkanes) is 6. The topological polar surface area (TPSA) is 0 Å². The van der Waals surface area contributed by atoms with Crippen LogP contribution in [0.5, 0.6) is 0 Å². The SMILES string of the molecule is CCCCCCc1cscc1CCCCCC. The Morgan fingerprint density at radius 2 is 1.18 bits per heavy atom.